The Labute approximate surface area is 119 Å². The molecular formula is C17H30N2. The predicted octanol–water partition coefficient (Wildman–Crippen LogP) is 4.06. The first-order valence-electron chi connectivity index (χ1n) is 7.27. The summed E-state index contributed by atoms with van der Waals surface area (Å²) in [6.45, 7) is 14.3. The van der Waals surface area contributed by atoms with Gasteiger partial charge >= 0.3 is 0 Å². The Morgan fingerprint density at radius 1 is 1.05 bits per heavy atom. The standard InChI is InChI=1S/C17H30N2/c1-13(2)14(3)19(7)16-10-8-15(9-11-16)12-18-17(4,5)6/h8-11,13-14,18H,12H2,1-7H3. The minimum absolute atomic E-state index is 0.168. The molecule has 0 aliphatic carbocycles. The minimum atomic E-state index is 0.168. The maximum atomic E-state index is 3.51. The van der Waals surface area contributed by atoms with E-state index >= 15 is 0 Å². The Kier molecular flexibility index (Phi) is 5.42. The molecule has 1 aromatic rings. The molecule has 0 aliphatic heterocycles. The molecule has 0 amide bonds. The lowest BCUT2D eigenvalue weighted by Gasteiger charge is -2.30. The molecule has 108 valence electrons. The highest BCUT2D eigenvalue weighted by Crippen LogP contribution is 2.19. The largest absolute Gasteiger partial charge is 0.372 e. The van der Waals surface area contributed by atoms with Crippen molar-refractivity contribution >= 4 is 5.69 Å². The highest BCUT2D eigenvalue weighted by molar-refractivity contribution is 5.47. The lowest BCUT2D eigenvalue weighted by molar-refractivity contribution is 0.424. The Bertz CT molecular complexity index is 373. The van der Waals surface area contributed by atoms with Gasteiger partial charge in [-0.25, -0.2) is 0 Å². The van der Waals surface area contributed by atoms with E-state index in [1.807, 2.05) is 0 Å². The van der Waals surface area contributed by atoms with Gasteiger partial charge in [-0.15, -0.1) is 0 Å². The van der Waals surface area contributed by atoms with Crippen LogP contribution in [0.1, 0.15) is 47.1 Å². The zero-order valence-electron chi connectivity index (χ0n) is 13.6. The van der Waals surface area contributed by atoms with Gasteiger partial charge in [0, 0.05) is 30.9 Å². The summed E-state index contributed by atoms with van der Waals surface area (Å²) in [4.78, 5) is 2.35. The van der Waals surface area contributed by atoms with Crippen LogP contribution in [-0.4, -0.2) is 18.6 Å². The van der Waals surface area contributed by atoms with Gasteiger partial charge < -0.3 is 10.2 Å². The Hall–Kier alpha value is -1.02. The molecule has 1 unspecified atom stereocenters. The summed E-state index contributed by atoms with van der Waals surface area (Å²) in [5.41, 5.74) is 2.80. The second kappa shape index (κ2) is 6.42. The van der Waals surface area contributed by atoms with Crippen LogP contribution in [0.2, 0.25) is 0 Å². The van der Waals surface area contributed by atoms with Gasteiger partial charge in [-0.2, -0.15) is 0 Å². The van der Waals surface area contributed by atoms with Crippen molar-refractivity contribution in [3.05, 3.63) is 29.8 Å². The summed E-state index contributed by atoms with van der Waals surface area (Å²) >= 11 is 0. The van der Waals surface area contributed by atoms with Gasteiger partial charge in [0.25, 0.3) is 0 Å². The molecule has 0 heterocycles. The van der Waals surface area contributed by atoms with Crippen LogP contribution < -0.4 is 10.2 Å². The van der Waals surface area contributed by atoms with Crippen molar-refractivity contribution in [2.24, 2.45) is 5.92 Å². The van der Waals surface area contributed by atoms with Crippen molar-refractivity contribution in [1.82, 2.24) is 5.32 Å². The van der Waals surface area contributed by atoms with Crippen molar-refractivity contribution in [3.63, 3.8) is 0 Å². The molecule has 1 aromatic carbocycles. The van der Waals surface area contributed by atoms with E-state index in [1.165, 1.54) is 11.3 Å². The summed E-state index contributed by atoms with van der Waals surface area (Å²) in [5.74, 6) is 0.659. The first-order chi connectivity index (χ1) is 8.70. The Morgan fingerprint density at radius 2 is 1.58 bits per heavy atom. The molecule has 1 atom stereocenters. The summed E-state index contributed by atoms with van der Waals surface area (Å²) < 4.78 is 0. The highest BCUT2D eigenvalue weighted by Gasteiger charge is 2.13. The van der Waals surface area contributed by atoms with Crippen molar-refractivity contribution in [1.29, 1.82) is 0 Å². The number of anilines is 1. The number of hydrogen-bond donors (Lipinski definition) is 1. The fourth-order valence-electron chi connectivity index (χ4n) is 1.90. The van der Waals surface area contributed by atoms with Gasteiger partial charge in [-0.05, 0) is 51.3 Å². The van der Waals surface area contributed by atoms with Crippen LogP contribution in [0.5, 0.6) is 0 Å². The molecule has 2 heteroatoms. The molecule has 0 spiro atoms. The third-order valence-corrected chi connectivity index (χ3v) is 3.74. The van der Waals surface area contributed by atoms with Crippen molar-refractivity contribution in [3.8, 4) is 0 Å². The molecule has 0 radical (unpaired) electrons. The lowest BCUT2D eigenvalue weighted by atomic mass is 10.0. The first-order valence-corrected chi connectivity index (χ1v) is 7.27. The Morgan fingerprint density at radius 3 is 2.00 bits per heavy atom. The summed E-state index contributed by atoms with van der Waals surface area (Å²) in [7, 11) is 2.17. The third-order valence-electron chi connectivity index (χ3n) is 3.74. The Balaban J connectivity index is 2.66. The van der Waals surface area contributed by atoms with Gasteiger partial charge in [-0.3, -0.25) is 0 Å². The number of benzene rings is 1. The molecule has 0 saturated carbocycles. The van der Waals surface area contributed by atoms with Crippen LogP contribution in [0.15, 0.2) is 24.3 Å². The quantitative estimate of drug-likeness (QED) is 0.861. The summed E-state index contributed by atoms with van der Waals surface area (Å²) in [5, 5.41) is 3.51. The second-order valence-electron chi connectivity index (χ2n) is 6.87. The highest BCUT2D eigenvalue weighted by atomic mass is 15.1. The predicted molar refractivity (Wildman–Crippen MR) is 85.7 cm³/mol. The monoisotopic (exact) mass is 262 g/mol. The summed E-state index contributed by atoms with van der Waals surface area (Å²) in [6, 6.07) is 9.44. The minimum Gasteiger partial charge on any atom is -0.372 e. The van der Waals surface area contributed by atoms with Gasteiger partial charge in [0.2, 0.25) is 0 Å². The zero-order chi connectivity index (χ0) is 14.6. The van der Waals surface area contributed by atoms with E-state index in [4.69, 9.17) is 0 Å². The molecule has 1 rings (SSSR count). The number of rotatable bonds is 5. The van der Waals surface area contributed by atoms with Gasteiger partial charge in [0.1, 0.15) is 0 Å². The van der Waals surface area contributed by atoms with E-state index in [9.17, 15) is 0 Å². The number of nitrogens with zero attached hydrogens (tertiary/aromatic N) is 1. The van der Waals surface area contributed by atoms with Crippen molar-refractivity contribution in [2.45, 2.75) is 59.7 Å². The van der Waals surface area contributed by atoms with E-state index < -0.39 is 0 Å². The maximum Gasteiger partial charge on any atom is 0.0366 e. The normalized spacial score (nSPS) is 13.7. The average Bonchev–Trinajstić information content (AvgIpc) is 2.34. The average molecular weight is 262 g/mol. The molecule has 0 fully saturated rings. The number of nitrogens with one attached hydrogen (secondary N) is 1. The third kappa shape index (κ3) is 5.23. The molecule has 2 nitrogen and oxygen atoms in total. The molecule has 1 N–H and O–H groups in total. The molecule has 0 bridgehead atoms. The van der Waals surface area contributed by atoms with Gasteiger partial charge in [0.15, 0.2) is 0 Å². The second-order valence-corrected chi connectivity index (χ2v) is 6.87. The van der Waals surface area contributed by atoms with Crippen LogP contribution in [0.3, 0.4) is 0 Å². The lowest BCUT2D eigenvalue weighted by Crippen LogP contribution is -2.35. The van der Waals surface area contributed by atoms with E-state index in [2.05, 4.69) is 83.1 Å². The molecule has 0 saturated heterocycles. The SMILES string of the molecule is CC(C)C(C)N(C)c1ccc(CNC(C)(C)C)cc1. The van der Waals surface area contributed by atoms with Crippen LogP contribution in [-0.2, 0) is 6.54 Å². The van der Waals surface area contributed by atoms with E-state index in [0.717, 1.165) is 6.54 Å². The van der Waals surface area contributed by atoms with Crippen LogP contribution >= 0.6 is 0 Å². The first kappa shape index (κ1) is 16.0. The fourth-order valence-corrected chi connectivity index (χ4v) is 1.90. The van der Waals surface area contributed by atoms with Crippen molar-refractivity contribution in [2.75, 3.05) is 11.9 Å². The molecule has 0 aromatic heterocycles. The van der Waals surface area contributed by atoms with Crippen LogP contribution in [0, 0.1) is 5.92 Å². The number of hydrogen-bond acceptors (Lipinski definition) is 2. The van der Waals surface area contributed by atoms with Gasteiger partial charge in [-0.1, -0.05) is 26.0 Å². The van der Waals surface area contributed by atoms with E-state index in [1.54, 1.807) is 0 Å². The zero-order valence-corrected chi connectivity index (χ0v) is 13.6. The van der Waals surface area contributed by atoms with Gasteiger partial charge in [0.05, 0.1) is 0 Å². The summed E-state index contributed by atoms with van der Waals surface area (Å²) in [6.07, 6.45) is 0. The van der Waals surface area contributed by atoms with E-state index in [-0.39, 0.29) is 5.54 Å². The molecule has 19 heavy (non-hydrogen) atoms. The smallest absolute Gasteiger partial charge is 0.0366 e. The maximum absolute atomic E-state index is 3.51. The molecular weight excluding hydrogens is 232 g/mol. The topological polar surface area (TPSA) is 15.3 Å². The van der Waals surface area contributed by atoms with Crippen LogP contribution in [0.4, 0.5) is 5.69 Å². The van der Waals surface area contributed by atoms with Crippen molar-refractivity contribution < 1.29 is 0 Å². The van der Waals surface area contributed by atoms with Crippen LogP contribution in [0.25, 0.3) is 0 Å². The molecule has 0 aliphatic rings. The fraction of sp³-hybridized carbons (Fsp3) is 0.647. The van der Waals surface area contributed by atoms with E-state index in [0.29, 0.717) is 12.0 Å².